The average molecular weight is 319 g/mol. The molecule has 0 amide bonds. The van der Waals surface area contributed by atoms with Crippen LogP contribution in [0.25, 0.3) is 11.1 Å². The fourth-order valence-corrected chi connectivity index (χ4v) is 2.58. The van der Waals surface area contributed by atoms with E-state index in [4.69, 9.17) is 4.74 Å². The van der Waals surface area contributed by atoms with E-state index in [2.05, 4.69) is 4.98 Å². The largest absolute Gasteiger partial charge is 0.505 e. The molecule has 0 aliphatic carbocycles. The zero-order valence-corrected chi connectivity index (χ0v) is 13.3. The van der Waals surface area contributed by atoms with Gasteiger partial charge in [-0.2, -0.15) is 0 Å². The van der Waals surface area contributed by atoms with Gasteiger partial charge in [0, 0.05) is 18.2 Å². The van der Waals surface area contributed by atoms with Crippen molar-refractivity contribution in [3.63, 3.8) is 0 Å². The van der Waals surface area contributed by atoms with Crippen LogP contribution in [0.3, 0.4) is 0 Å². The van der Waals surface area contributed by atoms with Crippen LogP contribution in [0, 0.1) is 0 Å². The number of hydrogen-bond acceptors (Lipinski definition) is 4. The summed E-state index contributed by atoms with van der Waals surface area (Å²) in [5.74, 6) is -0.279. The van der Waals surface area contributed by atoms with E-state index in [9.17, 15) is 9.90 Å². The third-order valence-corrected chi connectivity index (χ3v) is 3.81. The van der Waals surface area contributed by atoms with Crippen LogP contribution in [-0.4, -0.2) is 23.2 Å². The normalized spacial score (nSPS) is 10.4. The molecule has 0 radical (unpaired) electrons. The number of nitrogens with zero attached hydrogens (tertiary/aromatic N) is 1. The number of hydrogen-bond donors (Lipinski definition) is 1. The topological polar surface area (TPSA) is 59.4 Å². The van der Waals surface area contributed by atoms with Crippen molar-refractivity contribution in [2.75, 3.05) is 7.11 Å². The molecule has 0 aliphatic heterocycles. The summed E-state index contributed by atoms with van der Waals surface area (Å²) in [7, 11) is 1.34. The van der Waals surface area contributed by atoms with Crippen LogP contribution in [0.5, 0.6) is 5.75 Å². The van der Waals surface area contributed by atoms with Gasteiger partial charge in [-0.25, -0.2) is 4.79 Å². The van der Waals surface area contributed by atoms with Crippen molar-refractivity contribution in [2.45, 2.75) is 6.42 Å². The predicted molar refractivity (Wildman–Crippen MR) is 91.9 cm³/mol. The van der Waals surface area contributed by atoms with Gasteiger partial charge in [-0.05, 0) is 29.3 Å². The van der Waals surface area contributed by atoms with Crippen LogP contribution in [0.4, 0.5) is 0 Å². The number of carbonyl (C=O) groups excluding carboxylic acids is 1. The molecule has 0 fully saturated rings. The second-order valence-electron chi connectivity index (χ2n) is 5.39. The van der Waals surface area contributed by atoms with E-state index in [1.54, 1.807) is 30.5 Å². The highest BCUT2D eigenvalue weighted by molar-refractivity contribution is 5.91. The van der Waals surface area contributed by atoms with Crippen molar-refractivity contribution >= 4 is 5.97 Å². The van der Waals surface area contributed by atoms with Crippen LogP contribution in [0.1, 0.15) is 21.6 Å². The summed E-state index contributed by atoms with van der Waals surface area (Å²) in [6.07, 6.45) is 2.20. The zero-order valence-electron chi connectivity index (χ0n) is 13.3. The molecule has 4 heteroatoms. The summed E-state index contributed by atoms with van der Waals surface area (Å²) in [6, 6.07) is 18.6. The number of esters is 1. The summed E-state index contributed by atoms with van der Waals surface area (Å²) >= 11 is 0. The second-order valence-corrected chi connectivity index (χ2v) is 5.39. The molecule has 0 spiro atoms. The van der Waals surface area contributed by atoms with E-state index in [-0.39, 0.29) is 5.75 Å². The van der Waals surface area contributed by atoms with E-state index in [0.717, 1.165) is 11.1 Å². The van der Waals surface area contributed by atoms with Gasteiger partial charge in [0.1, 0.15) is 5.75 Å². The monoisotopic (exact) mass is 319 g/mol. The molecule has 0 atom stereocenters. The van der Waals surface area contributed by atoms with Gasteiger partial charge in [-0.3, -0.25) is 4.98 Å². The van der Waals surface area contributed by atoms with Crippen LogP contribution >= 0.6 is 0 Å². The highest BCUT2D eigenvalue weighted by Crippen LogP contribution is 2.32. The maximum absolute atomic E-state index is 11.7. The number of benzene rings is 2. The number of methoxy groups -OCH3 is 1. The van der Waals surface area contributed by atoms with Crippen molar-refractivity contribution in [1.29, 1.82) is 0 Å². The minimum absolute atomic E-state index is 0.128. The molecule has 24 heavy (non-hydrogen) atoms. The van der Waals surface area contributed by atoms with Gasteiger partial charge in [0.05, 0.1) is 18.4 Å². The highest BCUT2D eigenvalue weighted by atomic mass is 16.5. The first-order chi connectivity index (χ1) is 11.7. The van der Waals surface area contributed by atoms with E-state index in [1.165, 1.54) is 7.11 Å². The minimum Gasteiger partial charge on any atom is -0.505 e. The number of aromatic hydroxyl groups is 1. The molecule has 0 saturated heterocycles. The van der Waals surface area contributed by atoms with Gasteiger partial charge >= 0.3 is 5.97 Å². The van der Waals surface area contributed by atoms with Gasteiger partial charge < -0.3 is 9.84 Å². The first-order valence-corrected chi connectivity index (χ1v) is 7.58. The molecule has 1 heterocycles. The van der Waals surface area contributed by atoms with Gasteiger partial charge in [0.15, 0.2) is 0 Å². The molecular formula is C20H17NO3. The summed E-state index contributed by atoms with van der Waals surface area (Å²) in [5.41, 5.74) is 3.49. The molecule has 120 valence electrons. The molecule has 2 aromatic carbocycles. The summed E-state index contributed by atoms with van der Waals surface area (Å²) in [5, 5.41) is 10.6. The lowest BCUT2D eigenvalue weighted by atomic mass is 10.00. The number of carbonyl (C=O) groups is 1. The second kappa shape index (κ2) is 6.96. The Kier molecular flexibility index (Phi) is 4.57. The van der Waals surface area contributed by atoms with E-state index in [1.807, 2.05) is 36.4 Å². The van der Waals surface area contributed by atoms with Gasteiger partial charge in [-0.1, -0.05) is 42.5 Å². The standard InChI is InChI=1S/C20H17NO3/c1-24-20(23)16-9-5-8-15(13-16)17-10-11-21-18(19(17)22)12-14-6-3-2-4-7-14/h2-11,13,22H,12H2,1H3. The molecule has 0 bridgehead atoms. The number of ether oxygens (including phenoxy) is 1. The Morgan fingerprint density at radius 1 is 1.08 bits per heavy atom. The SMILES string of the molecule is COC(=O)c1cccc(-c2ccnc(Cc3ccccc3)c2O)c1. The zero-order chi connectivity index (χ0) is 16.9. The van der Waals surface area contributed by atoms with Crippen molar-refractivity contribution in [1.82, 2.24) is 4.98 Å². The van der Waals surface area contributed by atoms with E-state index in [0.29, 0.717) is 23.2 Å². The Morgan fingerprint density at radius 2 is 1.88 bits per heavy atom. The third-order valence-electron chi connectivity index (χ3n) is 3.81. The average Bonchev–Trinajstić information content (AvgIpc) is 2.64. The molecule has 0 unspecified atom stereocenters. The van der Waals surface area contributed by atoms with Gasteiger partial charge in [-0.15, -0.1) is 0 Å². The molecule has 1 N–H and O–H groups in total. The van der Waals surface area contributed by atoms with E-state index < -0.39 is 5.97 Å². The van der Waals surface area contributed by atoms with Crippen LogP contribution in [0.2, 0.25) is 0 Å². The Balaban J connectivity index is 1.98. The van der Waals surface area contributed by atoms with Crippen LogP contribution in [-0.2, 0) is 11.2 Å². The highest BCUT2D eigenvalue weighted by Gasteiger charge is 2.13. The molecular weight excluding hydrogens is 302 g/mol. The Morgan fingerprint density at radius 3 is 2.62 bits per heavy atom. The number of rotatable bonds is 4. The minimum atomic E-state index is -0.407. The first kappa shape index (κ1) is 15.7. The smallest absolute Gasteiger partial charge is 0.337 e. The molecule has 3 aromatic rings. The first-order valence-electron chi connectivity index (χ1n) is 7.58. The Bertz CT molecular complexity index is 860. The molecule has 4 nitrogen and oxygen atoms in total. The molecule has 3 rings (SSSR count). The Hall–Kier alpha value is -3.14. The fraction of sp³-hybridized carbons (Fsp3) is 0.100. The summed E-state index contributed by atoms with van der Waals surface area (Å²) < 4.78 is 4.75. The quantitative estimate of drug-likeness (QED) is 0.742. The van der Waals surface area contributed by atoms with Crippen molar-refractivity contribution < 1.29 is 14.6 Å². The number of aromatic nitrogens is 1. The van der Waals surface area contributed by atoms with Gasteiger partial charge in [0.25, 0.3) is 0 Å². The number of pyridine rings is 1. The maximum Gasteiger partial charge on any atom is 0.337 e. The lowest BCUT2D eigenvalue weighted by molar-refractivity contribution is 0.0601. The maximum atomic E-state index is 11.7. The molecule has 0 aliphatic rings. The lowest BCUT2D eigenvalue weighted by Gasteiger charge is -2.10. The summed E-state index contributed by atoms with van der Waals surface area (Å²) in [4.78, 5) is 16.0. The van der Waals surface area contributed by atoms with Crippen LogP contribution in [0.15, 0.2) is 66.9 Å². The summed E-state index contributed by atoms with van der Waals surface area (Å²) in [6.45, 7) is 0. The van der Waals surface area contributed by atoms with Gasteiger partial charge in [0.2, 0.25) is 0 Å². The fourth-order valence-electron chi connectivity index (χ4n) is 2.58. The Labute approximate surface area is 140 Å². The van der Waals surface area contributed by atoms with Crippen molar-refractivity contribution in [2.24, 2.45) is 0 Å². The molecule has 1 aromatic heterocycles. The lowest BCUT2D eigenvalue weighted by Crippen LogP contribution is -2.01. The van der Waals surface area contributed by atoms with Crippen molar-refractivity contribution in [3.8, 4) is 16.9 Å². The van der Waals surface area contributed by atoms with Crippen molar-refractivity contribution in [3.05, 3.63) is 83.7 Å². The third kappa shape index (κ3) is 3.27. The molecule has 0 saturated carbocycles. The predicted octanol–water partition coefficient (Wildman–Crippen LogP) is 3.83. The van der Waals surface area contributed by atoms with E-state index >= 15 is 0 Å². The van der Waals surface area contributed by atoms with Crippen LogP contribution < -0.4 is 0 Å².